The van der Waals surface area contributed by atoms with Crippen LogP contribution in [0.5, 0.6) is 5.75 Å². The molecule has 0 spiro atoms. The molecule has 0 aromatic heterocycles. The molecule has 1 N–H and O–H groups in total. The zero-order chi connectivity index (χ0) is 14.8. The van der Waals surface area contributed by atoms with Crippen molar-refractivity contribution in [3.63, 3.8) is 0 Å². The number of halogens is 1. The summed E-state index contributed by atoms with van der Waals surface area (Å²) in [5, 5.41) is 2.82. The van der Waals surface area contributed by atoms with Crippen molar-refractivity contribution in [1.82, 2.24) is 0 Å². The van der Waals surface area contributed by atoms with Crippen molar-refractivity contribution in [2.75, 3.05) is 18.2 Å². The fourth-order valence-electron chi connectivity index (χ4n) is 2.69. The maximum Gasteiger partial charge on any atom is 0.152 e. The van der Waals surface area contributed by atoms with Crippen molar-refractivity contribution in [2.45, 2.75) is 37.5 Å². The van der Waals surface area contributed by atoms with Gasteiger partial charge in [-0.05, 0) is 38.3 Å². The Hall–Kier alpha value is -1.30. The van der Waals surface area contributed by atoms with E-state index in [2.05, 4.69) is 5.32 Å². The van der Waals surface area contributed by atoms with Crippen LogP contribution in [0, 0.1) is 5.82 Å². The fourth-order valence-corrected chi connectivity index (χ4v) is 4.09. The summed E-state index contributed by atoms with van der Waals surface area (Å²) in [4.78, 5) is 0. The summed E-state index contributed by atoms with van der Waals surface area (Å²) < 4.78 is 42.2. The van der Waals surface area contributed by atoms with Crippen LogP contribution in [0.15, 0.2) is 18.2 Å². The molecule has 0 heterocycles. The van der Waals surface area contributed by atoms with Crippen LogP contribution in [-0.4, -0.2) is 32.6 Å². The van der Waals surface area contributed by atoms with E-state index in [9.17, 15) is 12.8 Å². The summed E-state index contributed by atoms with van der Waals surface area (Å²) in [7, 11) is -3.08. The first-order valence-corrected chi connectivity index (χ1v) is 8.75. The molecule has 0 radical (unpaired) electrons. The quantitative estimate of drug-likeness (QED) is 0.908. The molecule has 1 aromatic carbocycles. The van der Waals surface area contributed by atoms with E-state index in [0.29, 0.717) is 24.5 Å². The van der Waals surface area contributed by atoms with Crippen molar-refractivity contribution in [3.05, 3.63) is 24.0 Å². The average molecular weight is 301 g/mol. The molecule has 0 saturated heterocycles. The highest BCUT2D eigenvalue weighted by molar-refractivity contribution is 7.91. The van der Waals surface area contributed by atoms with Gasteiger partial charge in [-0.3, -0.25) is 0 Å². The summed E-state index contributed by atoms with van der Waals surface area (Å²) in [6, 6.07) is 4.11. The largest absolute Gasteiger partial charge is 0.492 e. The summed E-state index contributed by atoms with van der Waals surface area (Å²) in [6.45, 7) is 2.25. The summed E-state index contributed by atoms with van der Waals surface area (Å²) in [6.07, 6.45) is 3.61. The minimum Gasteiger partial charge on any atom is -0.492 e. The fraction of sp³-hybridized carbons (Fsp3) is 0.571. The molecule has 2 rings (SSSR count). The minimum atomic E-state index is -3.08. The van der Waals surface area contributed by atoms with E-state index < -0.39 is 9.84 Å². The van der Waals surface area contributed by atoms with Crippen LogP contribution >= 0.6 is 0 Å². The first-order valence-electron chi connectivity index (χ1n) is 6.79. The van der Waals surface area contributed by atoms with E-state index in [1.807, 2.05) is 6.92 Å². The van der Waals surface area contributed by atoms with Gasteiger partial charge >= 0.3 is 0 Å². The normalized spacial score (nSPS) is 22.8. The highest BCUT2D eigenvalue weighted by Gasteiger charge is 2.35. The summed E-state index contributed by atoms with van der Waals surface area (Å²) in [5.74, 6) is 0.0525. The first kappa shape index (κ1) is 15.1. The predicted molar refractivity (Wildman–Crippen MR) is 77.5 cm³/mol. The van der Waals surface area contributed by atoms with E-state index in [1.165, 1.54) is 18.4 Å². The van der Waals surface area contributed by atoms with Gasteiger partial charge in [0.1, 0.15) is 11.6 Å². The molecule has 1 aliphatic carbocycles. The molecule has 0 amide bonds. The van der Waals surface area contributed by atoms with Gasteiger partial charge in [0.2, 0.25) is 0 Å². The maximum absolute atomic E-state index is 13.2. The van der Waals surface area contributed by atoms with Gasteiger partial charge in [0.15, 0.2) is 9.84 Å². The second-order valence-electron chi connectivity index (χ2n) is 5.12. The molecule has 4 nitrogen and oxygen atoms in total. The monoisotopic (exact) mass is 301 g/mol. The average Bonchev–Trinajstić information content (AvgIpc) is 2.81. The van der Waals surface area contributed by atoms with E-state index in [0.717, 1.165) is 12.8 Å². The molecule has 1 fully saturated rings. The van der Waals surface area contributed by atoms with Gasteiger partial charge in [-0.25, -0.2) is 12.8 Å². The lowest BCUT2D eigenvalue weighted by Gasteiger charge is -2.22. The molecular formula is C14H20FNO3S. The van der Waals surface area contributed by atoms with E-state index in [1.54, 1.807) is 6.07 Å². The highest BCUT2D eigenvalue weighted by atomic mass is 32.2. The third-order valence-electron chi connectivity index (χ3n) is 3.59. The number of nitrogens with one attached hydrogen (secondary N) is 1. The zero-order valence-corrected chi connectivity index (χ0v) is 12.5. The van der Waals surface area contributed by atoms with E-state index >= 15 is 0 Å². The summed E-state index contributed by atoms with van der Waals surface area (Å²) >= 11 is 0. The minimum absolute atomic E-state index is 0.144. The smallest absolute Gasteiger partial charge is 0.152 e. The lowest BCUT2D eigenvalue weighted by atomic mass is 10.2. The van der Waals surface area contributed by atoms with Gasteiger partial charge in [-0.2, -0.15) is 0 Å². The number of benzene rings is 1. The molecule has 112 valence electrons. The zero-order valence-electron chi connectivity index (χ0n) is 11.7. The Kier molecular flexibility index (Phi) is 4.52. The van der Waals surface area contributed by atoms with E-state index in [-0.39, 0.29) is 17.1 Å². The third kappa shape index (κ3) is 3.42. The van der Waals surface area contributed by atoms with Crippen LogP contribution in [0.4, 0.5) is 10.1 Å². The Labute approximate surface area is 119 Å². The van der Waals surface area contributed by atoms with Crippen LogP contribution in [0.3, 0.4) is 0 Å². The van der Waals surface area contributed by atoms with Gasteiger partial charge in [0, 0.05) is 18.4 Å². The van der Waals surface area contributed by atoms with Crippen LogP contribution in [0.2, 0.25) is 0 Å². The van der Waals surface area contributed by atoms with Crippen molar-refractivity contribution in [3.8, 4) is 5.75 Å². The Morgan fingerprint density at radius 3 is 2.80 bits per heavy atom. The molecule has 0 bridgehead atoms. The molecule has 20 heavy (non-hydrogen) atoms. The number of hydrogen-bond acceptors (Lipinski definition) is 4. The SMILES string of the molecule is CCOc1cc(F)ccc1NC1CCCC1S(C)(=O)=O. The van der Waals surface area contributed by atoms with Gasteiger partial charge < -0.3 is 10.1 Å². The lowest BCUT2D eigenvalue weighted by Crippen LogP contribution is -2.34. The van der Waals surface area contributed by atoms with Gasteiger partial charge in [-0.1, -0.05) is 0 Å². The van der Waals surface area contributed by atoms with Gasteiger partial charge in [-0.15, -0.1) is 0 Å². The van der Waals surface area contributed by atoms with Crippen molar-refractivity contribution < 1.29 is 17.5 Å². The number of anilines is 1. The molecule has 2 unspecified atom stereocenters. The highest BCUT2D eigenvalue weighted by Crippen LogP contribution is 2.32. The van der Waals surface area contributed by atoms with Crippen molar-refractivity contribution >= 4 is 15.5 Å². The van der Waals surface area contributed by atoms with Gasteiger partial charge in [0.05, 0.1) is 17.5 Å². The molecule has 1 saturated carbocycles. The molecule has 0 aliphatic heterocycles. The van der Waals surface area contributed by atoms with Crippen molar-refractivity contribution in [2.24, 2.45) is 0 Å². The maximum atomic E-state index is 13.2. The number of sulfone groups is 1. The molecular weight excluding hydrogens is 281 g/mol. The van der Waals surface area contributed by atoms with E-state index in [4.69, 9.17) is 4.74 Å². The molecule has 1 aromatic rings. The Balaban J connectivity index is 2.21. The van der Waals surface area contributed by atoms with Crippen molar-refractivity contribution in [1.29, 1.82) is 0 Å². The topological polar surface area (TPSA) is 55.4 Å². The third-order valence-corrected chi connectivity index (χ3v) is 5.25. The Bertz CT molecular complexity index is 574. The van der Waals surface area contributed by atoms with Crippen LogP contribution in [-0.2, 0) is 9.84 Å². The first-order chi connectivity index (χ1) is 9.41. The van der Waals surface area contributed by atoms with Crippen LogP contribution in [0.25, 0.3) is 0 Å². The standard InChI is InChI=1S/C14H20FNO3S/c1-3-19-13-9-10(15)7-8-11(13)16-12-5-4-6-14(12)20(2,17)18/h7-9,12,14,16H,3-6H2,1-2H3. The number of hydrogen-bond donors (Lipinski definition) is 1. The number of rotatable bonds is 5. The summed E-state index contributed by atoms with van der Waals surface area (Å²) in [5.41, 5.74) is 0.647. The Morgan fingerprint density at radius 1 is 1.40 bits per heavy atom. The van der Waals surface area contributed by atoms with Crippen LogP contribution < -0.4 is 10.1 Å². The molecule has 2 atom stereocenters. The lowest BCUT2D eigenvalue weighted by molar-refractivity contribution is 0.339. The predicted octanol–water partition coefficient (Wildman–Crippen LogP) is 2.60. The second kappa shape index (κ2) is 5.99. The molecule has 1 aliphatic rings. The van der Waals surface area contributed by atoms with Crippen LogP contribution in [0.1, 0.15) is 26.2 Å². The number of ether oxygens (including phenoxy) is 1. The Morgan fingerprint density at radius 2 is 2.15 bits per heavy atom. The second-order valence-corrected chi connectivity index (χ2v) is 7.39. The molecule has 6 heteroatoms. The van der Waals surface area contributed by atoms with Gasteiger partial charge in [0.25, 0.3) is 0 Å².